The summed E-state index contributed by atoms with van der Waals surface area (Å²) in [4.78, 5) is 24.1. The first kappa shape index (κ1) is 11.9. The van der Waals surface area contributed by atoms with Gasteiger partial charge in [-0.05, 0) is 19.1 Å². The minimum atomic E-state index is -0.179. The van der Waals surface area contributed by atoms with Crippen LogP contribution in [0.4, 0.5) is 0 Å². The van der Waals surface area contributed by atoms with Crippen LogP contribution in [0.3, 0.4) is 0 Å². The number of H-pyrrole nitrogens is 1. The second-order valence-electron chi connectivity index (χ2n) is 4.20. The number of para-hydroxylation sites is 2. The van der Waals surface area contributed by atoms with Gasteiger partial charge in [-0.1, -0.05) is 12.1 Å². The van der Waals surface area contributed by atoms with Crippen molar-refractivity contribution >= 4 is 28.3 Å². The van der Waals surface area contributed by atoms with Gasteiger partial charge in [-0.25, -0.2) is 4.98 Å². The lowest BCUT2D eigenvalue weighted by Gasteiger charge is -2.09. The van der Waals surface area contributed by atoms with Crippen LogP contribution in [0.1, 0.15) is 28.5 Å². The van der Waals surface area contributed by atoms with E-state index < -0.39 is 0 Å². The number of carbonyl (C=O) groups excluding carboxylic acids is 1. The number of aromatic amines is 1. The smallest absolute Gasteiger partial charge is 0.263 e. The normalized spacial score (nSPS) is 12.5. The van der Waals surface area contributed by atoms with E-state index >= 15 is 0 Å². The van der Waals surface area contributed by atoms with Gasteiger partial charge in [0.25, 0.3) is 5.91 Å². The molecule has 1 aromatic carbocycles. The fourth-order valence-corrected chi connectivity index (χ4v) is 2.36. The van der Waals surface area contributed by atoms with Crippen LogP contribution < -0.4 is 5.32 Å². The van der Waals surface area contributed by atoms with E-state index in [1.54, 1.807) is 11.7 Å². The maximum atomic E-state index is 11.9. The summed E-state index contributed by atoms with van der Waals surface area (Å²) in [6, 6.07) is 7.61. The van der Waals surface area contributed by atoms with E-state index in [-0.39, 0.29) is 11.9 Å². The van der Waals surface area contributed by atoms with E-state index in [9.17, 15) is 4.79 Å². The Kier molecular flexibility index (Phi) is 3.00. The molecule has 2 N–H and O–H groups in total. The van der Waals surface area contributed by atoms with Crippen LogP contribution in [0, 0.1) is 0 Å². The minimum Gasteiger partial charge on any atom is -0.342 e. The number of hydrogen-bond acceptors (Lipinski definition) is 4. The minimum absolute atomic E-state index is 0.129. The number of carbonyl (C=O) groups is 1. The number of imidazole rings is 1. The number of nitrogens with one attached hydrogen (secondary N) is 2. The van der Waals surface area contributed by atoms with Gasteiger partial charge in [0.05, 0.1) is 28.8 Å². The molecule has 96 valence electrons. The molecule has 0 spiro atoms. The topological polar surface area (TPSA) is 70.7 Å². The van der Waals surface area contributed by atoms with E-state index in [2.05, 4.69) is 20.3 Å². The van der Waals surface area contributed by atoms with Gasteiger partial charge in [0.15, 0.2) is 0 Å². The summed E-state index contributed by atoms with van der Waals surface area (Å²) in [6.07, 6.45) is 1.56. The molecule has 5 nitrogen and oxygen atoms in total. The number of benzene rings is 1. The van der Waals surface area contributed by atoms with Crippen molar-refractivity contribution < 1.29 is 4.79 Å². The fraction of sp³-hybridized carbons (Fsp3) is 0.154. The van der Waals surface area contributed by atoms with Crippen LogP contribution in [0.15, 0.2) is 36.0 Å². The van der Waals surface area contributed by atoms with E-state index in [4.69, 9.17) is 0 Å². The molecule has 0 aliphatic heterocycles. The quantitative estimate of drug-likeness (QED) is 0.769. The zero-order valence-electron chi connectivity index (χ0n) is 10.3. The summed E-state index contributed by atoms with van der Waals surface area (Å²) in [5.74, 6) is 0.620. The Labute approximate surface area is 113 Å². The SMILES string of the molecule is CC(NC(=O)c1cncs1)c1nc2ccccc2[nH]1. The molecule has 2 heterocycles. The van der Waals surface area contributed by atoms with Crippen LogP contribution in [-0.2, 0) is 0 Å². The van der Waals surface area contributed by atoms with Gasteiger partial charge in [0.1, 0.15) is 10.7 Å². The molecule has 0 radical (unpaired) electrons. The molecule has 3 rings (SSSR count). The predicted octanol–water partition coefficient (Wildman–Crippen LogP) is 2.51. The van der Waals surface area contributed by atoms with Crippen LogP contribution in [0.2, 0.25) is 0 Å². The maximum Gasteiger partial charge on any atom is 0.263 e. The van der Waals surface area contributed by atoms with Crippen molar-refractivity contribution in [1.29, 1.82) is 0 Å². The van der Waals surface area contributed by atoms with Gasteiger partial charge in [0.2, 0.25) is 0 Å². The average Bonchev–Trinajstić information content (AvgIpc) is 3.07. The Hall–Kier alpha value is -2.21. The molecule has 0 aliphatic carbocycles. The highest BCUT2D eigenvalue weighted by Gasteiger charge is 2.15. The molecule has 3 aromatic rings. The first-order valence-corrected chi connectivity index (χ1v) is 6.76. The summed E-state index contributed by atoms with van der Waals surface area (Å²) in [5.41, 5.74) is 3.51. The van der Waals surface area contributed by atoms with Gasteiger partial charge < -0.3 is 10.3 Å². The van der Waals surface area contributed by atoms with E-state index in [1.165, 1.54) is 11.3 Å². The third-order valence-electron chi connectivity index (χ3n) is 2.82. The van der Waals surface area contributed by atoms with Gasteiger partial charge in [-0.3, -0.25) is 9.78 Å². The van der Waals surface area contributed by atoms with Gasteiger partial charge in [-0.15, -0.1) is 11.3 Å². The summed E-state index contributed by atoms with van der Waals surface area (Å²) in [5, 5.41) is 2.90. The standard InChI is InChI=1S/C13H12N4OS/c1-8(15-13(18)11-6-14-7-19-11)12-16-9-4-2-3-5-10(9)17-12/h2-8H,1H3,(H,15,18)(H,16,17). The zero-order chi connectivity index (χ0) is 13.2. The second kappa shape index (κ2) is 4.81. The average molecular weight is 272 g/mol. The van der Waals surface area contributed by atoms with E-state index in [0.717, 1.165) is 16.9 Å². The lowest BCUT2D eigenvalue weighted by atomic mass is 10.3. The summed E-state index contributed by atoms with van der Waals surface area (Å²) in [7, 11) is 0. The molecule has 2 aromatic heterocycles. The molecule has 19 heavy (non-hydrogen) atoms. The molecule has 0 fully saturated rings. The third-order valence-corrected chi connectivity index (χ3v) is 3.59. The Balaban J connectivity index is 1.80. The van der Waals surface area contributed by atoms with Crippen molar-refractivity contribution in [2.75, 3.05) is 0 Å². The van der Waals surface area contributed by atoms with Gasteiger partial charge in [-0.2, -0.15) is 0 Å². The largest absolute Gasteiger partial charge is 0.342 e. The van der Waals surface area contributed by atoms with E-state index in [0.29, 0.717) is 4.88 Å². The lowest BCUT2D eigenvalue weighted by Crippen LogP contribution is -2.26. The zero-order valence-corrected chi connectivity index (χ0v) is 11.1. The number of hydrogen-bond donors (Lipinski definition) is 2. The summed E-state index contributed by atoms with van der Waals surface area (Å²) in [6.45, 7) is 1.90. The monoisotopic (exact) mass is 272 g/mol. The number of nitrogens with zero attached hydrogens (tertiary/aromatic N) is 2. The maximum absolute atomic E-state index is 11.9. The van der Waals surface area contributed by atoms with Gasteiger partial charge in [0, 0.05) is 0 Å². The predicted molar refractivity (Wildman–Crippen MR) is 74.1 cm³/mol. The number of aromatic nitrogens is 3. The summed E-state index contributed by atoms with van der Waals surface area (Å²) >= 11 is 1.32. The molecule has 1 unspecified atom stereocenters. The van der Waals surface area contributed by atoms with Crippen molar-refractivity contribution in [3.8, 4) is 0 Å². The Bertz CT molecular complexity index is 671. The van der Waals surface area contributed by atoms with Crippen LogP contribution in [-0.4, -0.2) is 20.9 Å². The van der Waals surface area contributed by atoms with Crippen molar-refractivity contribution in [2.24, 2.45) is 0 Å². The first-order valence-electron chi connectivity index (χ1n) is 5.88. The van der Waals surface area contributed by atoms with Crippen molar-refractivity contribution in [3.05, 3.63) is 46.7 Å². The van der Waals surface area contributed by atoms with Crippen molar-refractivity contribution in [1.82, 2.24) is 20.3 Å². The molecule has 0 aliphatic rings. The second-order valence-corrected chi connectivity index (χ2v) is 5.09. The molecule has 1 amide bonds. The van der Waals surface area contributed by atoms with Crippen molar-refractivity contribution in [2.45, 2.75) is 13.0 Å². The Morgan fingerprint density at radius 2 is 2.26 bits per heavy atom. The Morgan fingerprint density at radius 1 is 1.42 bits per heavy atom. The third kappa shape index (κ3) is 2.34. The summed E-state index contributed by atoms with van der Waals surface area (Å²) < 4.78 is 0. The highest BCUT2D eigenvalue weighted by Crippen LogP contribution is 2.16. The Morgan fingerprint density at radius 3 is 3.00 bits per heavy atom. The first-order chi connectivity index (χ1) is 9.24. The molecule has 0 saturated carbocycles. The lowest BCUT2D eigenvalue weighted by molar-refractivity contribution is 0.0942. The number of thiazole rings is 1. The highest BCUT2D eigenvalue weighted by atomic mass is 32.1. The molecule has 6 heteroatoms. The van der Waals surface area contributed by atoms with Gasteiger partial charge >= 0.3 is 0 Å². The van der Waals surface area contributed by atoms with Crippen LogP contribution in [0.5, 0.6) is 0 Å². The molecule has 1 atom stereocenters. The fourth-order valence-electron chi connectivity index (χ4n) is 1.84. The molecular weight excluding hydrogens is 260 g/mol. The molecule has 0 bridgehead atoms. The molecule has 0 saturated heterocycles. The van der Waals surface area contributed by atoms with Crippen LogP contribution in [0.25, 0.3) is 11.0 Å². The van der Waals surface area contributed by atoms with Crippen LogP contribution >= 0.6 is 11.3 Å². The number of amides is 1. The molecular formula is C13H12N4OS. The van der Waals surface area contributed by atoms with E-state index in [1.807, 2.05) is 31.2 Å². The number of fused-ring (bicyclic) bond motifs is 1. The highest BCUT2D eigenvalue weighted by molar-refractivity contribution is 7.11. The number of rotatable bonds is 3. The van der Waals surface area contributed by atoms with Crippen molar-refractivity contribution in [3.63, 3.8) is 0 Å².